The first-order chi connectivity index (χ1) is 8.79. The van der Waals surface area contributed by atoms with Gasteiger partial charge in [-0.1, -0.05) is 0 Å². The zero-order valence-corrected chi connectivity index (χ0v) is 11.8. The van der Waals surface area contributed by atoms with Crippen molar-refractivity contribution in [2.45, 2.75) is 25.5 Å². The Morgan fingerprint density at radius 1 is 1.44 bits per heavy atom. The quantitative estimate of drug-likeness (QED) is 0.851. The van der Waals surface area contributed by atoms with E-state index in [0.29, 0.717) is 0 Å². The van der Waals surface area contributed by atoms with Gasteiger partial charge in [-0.3, -0.25) is 0 Å². The average molecular weight is 311 g/mol. The summed E-state index contributed by atoms with van der Waals surface area (Å²) in [5.74, 6) is 0.840. The van der Waals surface area contributed by atoms with Gasteiger partial charge < -0.3 is 9.47 Å². The van der Waals surface area contributed by atoms with Crippen LogP contribution in [-0.4, -0.2) is 23.5 Å². The molecule has 4 nitrogen and oxygen atoms in total. The molecule has 1 fully saturated rings. The molecule has 0 saturated carbocycles. The van der Waals surface area contributed by atoms with E-state index in [4.69, 9.17) is 9.47 Å². The fourth-order valence-corrected chi connectivity index (χ4v) is 2.85. The molecule has 0 spiro atoms. The average Bonchev–Trinajstić information content (AvgIpc) is 2.76. The lowest BCUT2D eigenvalue weighted by Gasteiger charge is -2.23. The predicted molar refractivity (Wildman–Crippen MR) is 72.8 cm³/mol. The standard InChI is InChI=1S/C13H15BrN2O2/c1-17-9-5-6-10-11(8-9)16(15-13(10)14)12-4-2-3-7-18-12/h5-6,8,12H,2-4,7H2,1H3. The smallest absolute Gasteiger partial charge is 0.150 e. The van der Waals surface area contributed by atoms with Gasteiger partial charge >= 0.3 is 0 Å². The minimum Gasteiger partial charge on any atom is -0.497 e. The molecule has 1 aromatic heterocycles. The lowest BCUT2D eigenvalue weighted by atomic mass is 10.2. The van der Waals surface area contributed by atoms with Gasteiger partial charge in [-0.2, -0.15) is 5.10 Å². The van der Waals surface area contributed by atoms with Gasteiger partial charge in [-0.05, 0) is 47.3 Å². The molecule has 0 amide bonds. The van der Waals surface area contributed by atoms with Crippen LogP contribution in [0.2, 0.25) is 0 Å². The second-order valence-corrected chi connectivity index (χ2v) is 5.19. The SMILES string of the molecule is COc1ccc2c(Br)nn(C3CCCCO3)c2c1. The van der Waals surface area contributed by atoms with Crippen LogP contribution in [0, 0.1) is 0 Å². The number of halogens is 1. The number of benzene rings is 1. The highest BCUT2D eigenvalue weighted by Gasteiger charge is 2.20. The summed E-state index contributed by atoms with van der Waals surface area (Å²) in [4.78, 5) is 0. The maximum atomic E-state index is 5.80. The van der Waals surface area contributed by atoms with E-state index in [1.807, 2.05) is 22.9 Å². The second-order valence-electron chi connectivity index (χ2n) is 4.44. The lowest BCUT2D eigenvalue weighted by Crippen LogP contribution is -2.19. The molecule has 0 N–H and O–H groups in total. The first-order valence-electron chi connectivity index (χ1n) is 6.13. The molecule has 3 rings (SSSR count). The highest BCUT2D eigenvalue weighted by atomic mass is 79.9. The lowest BCUT2D eigenvalue weighted by molar-refractivity contribution is -0.0368. The highest BCUT2D eigenvalue weighted by molar-refractivity contribution is 9.10. The summed E-state index contributed by atoms with van der Waals surface area (Å²) in [6, 6.07) is 5.97. The Balaban J connectivity index is 2.09. The minimum atomic E-state index is 0.0413. The third-order valence-electron chi connectivity index (χ3n) is 3.30. The predicted octanol–water partition coefficient (Wildman–Crippen LogP) is 3.51. The zero-order valence-electron chi connectivity index (χ0n) is 10.2. The van der Waals surface area contributed by atoms with E-state index in [1.165, 1.54) is 6.42 Å². The Hall–Kier alpha value is -1.07. The van der Waals surface area contributed by atoms with Crippen LogP contribution < -0.4 is 4.74 Å². The molecule has 1 aliphatic heterocycles. The first-order valence-corrected chi connectivity index (χ1v) is 6.92. The summed E-state index contributed by atoms with van der Waals surface area (Å²) in [5, 5.41) is 5.63. The summed E-state index contributed by atoms with van der Waals surface area (Å²) in [5.41, 5.74) is 1.05. The van der Waals surface area contributed by atoms with E-state index in [0.717, 1.165) is 40.7 Å². The number of rotatable bonds is 2. The molecule has 1 unspecified atom stereocenters. The van der Waals surface area contributed by atoms with Gasteiger partial charge in [0.25, 0.3) is 0 Å². The van der Waals surface area contributed by atoms with Gasteiger partial charge in [-0.25, -0.2) is 4.68 Å². The normalized spacial score (nSPS) is 20.2. The van der Waals surface area contributed by atoms with E-state index in [1.54, 1.807) is 7.11 Å². The largest absolute Gasteiger partial charge is 0.497 e. The number of hydrogen-bond donors (Lipinski definition) is 0. The van der Waals surface area contributed by atoms with Crippen LogP contribution in [0.4, 0.5) is 0 Å². The summed E-state index contributed by atoms with van der Waals surface area (Å²) < 4.78 is 13.9. The van der Waals surface area contributed by atoms with Gasteiger partial charge in [0.1, 0.15) is 10.4 Å². The second kappa shape index (κ2) is 4.90. The van der Waals surface area contributed by atoms with Crippen LogP contribution >= 0.6 is 15.9 Å². The fourth-order valence-electron chi connectivity index (χ4n) is 2.34. The van der Waals surface area contributed by atoms with Crippen molar-refractivity contribution >= 4 is 26.8 Å². The molecule has 2 aromatic rings. The summed E-state index contributed by atoms with van der Waals surface area (Å²) >= 11 is 3.50. The van der Waals surface area contributed by atoms with Gasteiger partial charge in [-0.15, -0.1) is 0 Å². The van der Waals surface area contributed by atoms with Crippen molar-refractivity contribution in [1.29, 1.82) is 0 Å². The van der Waals surface area contributed by atoms with Gasteiger partial charge in [0.15, 0.2) is 6.23 Å². The molecule has 0 radical (unpaired) electrons. The Kier molecular flexibility index (Phi) is 3.26. The Morgan fingerprint density at radius 3 is 3.06 bits per heavy atom. The van der Waals surface area contributed by atoms with Crippen LogP contribution in [0.5, 0.6) is 5.75 Å². The molecule has 18 heavy (non-hydrogen) atoms. The minimum absolute atomic E-state index is 0.0413. The molecule has 5 heteroatoms. The summed E-state index contributed by atoms with van der Waals surface area (Å²) in [6.07, 6.45) is 3.38. The van der Waals surface area contributed by atoms with E-state index < -0.39 is 0 Å². The highest BCUT2D eigenvalue weighted by Crippen LogP contribution is 2.32. The molecule has 1 atom stereocenters. The van der Waals surface area contributed by atoms with E-state index in [9.17, 15) is 0 Å². The Morgan fingerprint density at radius 2 is 2.33 bits per heavy atom. The monoisotopic (exact) mass is 310 g/mol. The van der Waals surface area contributed by atoms with Crippen molar-refractivity contribution in [3.05, 3.63) is 22.8 Å². The molecule has 0 aliphatic carbocycles. The molecule has 2 heterocycles. The van der Waals surface area contributed by atoms with Crippen LogP contribution in [-0.2, 0) is 4.74 Å². The van der Waals surface area contributed by atoms with Crippen LogP contribution in [0.3, 0.4) is 0 Å². The van der Waals surface area contributed by atoms with Crippen molar-refractivity contribution < 1.29 is 9.47 Å². The van der Waals surface area contributed by atoms with Crippen molar-refractivity contribution in [2.75, 3.05) is 13.7 Å². The van der Waals surface area contributed by atoms with Crippen LogP contribution in [0.15, 0.2) is 22.8 Å². The third kappa shape index (κ3) is 2.01. The van der Waals surface area contributed by atoms with Gasteiger partial charge in [0, 0.05) is 18.1 Å². The van der Waals surface area contributed by atoms with Crippen molar-refractivity contribution in [3.63, 3.8) is 0 Å². The third-order valence-corrected chi connectivity index (χ3v) is 3.88. The van der Waals surface area contributed by atoms with Crippen molar-refractivity contribution in [3.8, 4) is 5.75 Å². The maximum absolute atomic E-state index is 5.80. The number of ether oxygens (including phenoxy) is 2. The van der Waals surface area contributed by atoms with Crippen molar-refractivity contribution in [1.82, 2.24) is 9.78 Å². The number of nitrogens with zero attached hydrogens (tertiary/aromatic N) is 2. The molecule has 1 aliphatic rings. The molecule has 0 bridgehead atoms. The van der Waals surface area contributed by atoms with E-state index in [-0.39, 0.29) is 6.23 Å². The number of hydrogen-bond acceptors (Lipinski definition) is 3. The summed E-state index contributed by atoms with van der Waals surface area (Å²) in [6.45, 7) is 0.813. The van der Waals surface area contributed by atoms with Gasteiger partial charge in [0.05, 0.1) is 12.6 Å². The molecule has 1 aromatic carbocycles. The molecule has 96 valence electrons. The zero-order chi connectivity index (χ0) is 12.5. The van der Waals surface area contributed by atoms with Gasteiger partial charge in [0.2, 0.25) is 0 Å². The molecular weight excluding hydrogens is 296 g/mol. The topological polar surface area (TPSA) is 36.3 Å². The summed E-state index contributed by atoms with van der Waals surface area (Å²) in [7, 11) is 1.67. The first kappa shape index (κ1) is 12.0. The number of methoxy groups -OCH3 is 1. The molecular formula is C13H15BrN2O2. The molecule has 1 saturated heterocycles. The van der Waals surface area contributed by atoms with Crippen molar-refractivity contribution in [2.24, 2.45) is 0 Å². The number of fused-ring (bicyclic) bond motifs is 1. The van der Waals surface area contributed by atoms with E-state index in [2.05, 4.69) is 21.0 Å². The number of aromatic nitrogens is 2. The van der Waals surface area contributed by atoms with Crippen LogP contribution in [0.25, 0.3) is 10.9 Å². The fraction of sp³-hybridized carbons (Fsp3) is 0.462. The Bertz CT molecular complexity index is 561. The Labute approximate surface area is 114 Å². The van der Waals surface area contributed by atoms with Crippen LogP contribution in [0.1, 0.15) is 25.5 Å². The maximum Gasteiger partial charge on any atom is 0.150 e. The van der Waals surface area contributed by atoms with E-state index >= 15 is 0 Å².